The molecule has 1 aliphatic rings. The number of hydrogen-bond acceptors (Lipinski definition) is 3. The van der Waals surface area contributed by atoms with Crippen LogP contribution in [0.5, 0.6) is 0 Å². The van der Waals surface area contributed by atoms with Crippen LogP contribution in [0.15, 0.2) is 29.3 Å². The fourth-order valence-electron chi connectivity index (χ4n) is 3.27. The highest BCUT2D eigenvalue weighted by atomic mass is 127. The zero-order valence-electron chi connectivity index (χ0n) is 18.1. The highest BCUT2D eigenvalue weighted by Gasteiger charge is 2.34. The van der Waals surface area contributed by atoms with Crippen molar-refractivity contribution in [1.82, 2.24) is 20.9 Å². The van der Waals surface area contributed by atoms with Crippen LogP contribution in [-0.2, 0) is 6.54 Å². The van der Waals surface area contributed by atoms with E-state index in [4.69, 9.17) is 0 Å². The Morgan fingerprint density at radius 1 is 1.19 bits per heavy atom. The van der Waals surface area contributed by atoms with Gasteiger partial charge in [0.25, 0.3) is 5.91 Å². The van der Waals surface area contributed by atoms with Crippen molar-refractivity contribution in [2.75, 3.05) is 32.7 Å². The molecule has 1 amide bonds. The summed E-state index contributed by atoms with van der Waals surface area (Å²) in [6.45, 7) is 5.62. The number of benzene rings is 1. The van der Waals surface area contributed by atoms with Gasteiger partial charge in [-0.05, 0) is 37.5 Å². The van der Waals surface area contributed by atoms with Gasteiger partial charge in [0.1, 0.15) is 0 Å². The van der Waals surface area contributed by atoms with Crippen LogP contribution in [0.3, 0.4) is 0 Å². The zero-order valence-corrected chi connectivity index (χ0v) is 20.4. The van der Waals surface area contributed by atoms with Gasteiger partial charge in [-0.25, -0.2) is 4.99 Å². The second-order valence-corrected chi connectivity index (χ2v) is 7.48. The molecule has 0 bridgehead atoms. The van der Waals surface area contributed by atoms with Crippen LogP contribution < -0.4 is 16.0 Å². The minimum atomic E-state index is -4.17. The van der Waals surface area contributed by atoms with E-state index in [1.54, 1.807) is 12.1 Å². The van der Waals surface area contributed by atoms with Gasteiger partial charge in [-0.3, -0.25) is 9.69 Å². The van der Waals surface area contributed by atoms with Crippen LogP contribution >= 0.6 is 24.0 Å². The average Bonchev–Trinajstić information content (AvgIpc) is 3.11. The molecule has 1 aliphatic heterocycles. The smallest absolute Gasteiger partial charge is 0.357 e. The summed E-state index contributed by atoms with van der Waals surface area (Å²) in [5.41, 5.74) is 1.56. The summed E-state index contributed by atoms with van der Waals surface area (Å²) in [4.78, 5) is 18.0. The average molecular weight is 555 g/mol. The second-order valence-electron chi connectivity index (χ2n) is 7.48. The lowest BCUT2D eigenvalue weighted by atomic mass is 10.1. The summed E-state index contributed by atoms with van der Waals surface area (Å²) in [5.74, 6) is 0.496. The normalized spacial score (nSPS) is 17.2. The number of halogens is 4. The lowest BCUT2D eigenvalue weighted by Gasteiger charge is -2.19. The van der Waals surface area contributed by atoms with Crippen LogP contribution in [0.1, 0.15) is 49.0 Å². The van der Waals surface area contributed by atoms with E-state index in [1.165, 1.54) is 4.90 Å². The predicted molar refractivity (Wildman–Crippen MR) is 128 cm³/mol. The van der Waals surface area contributed by atoms with Crippen molar-refractivity contribution in [2.24, 2.45) is 4.99 Å². The molecule has 0 spiro atoms. The molecule has 1 aromatic rings. The Balaban J connectivity index is 0.00000480. The molecule has 1 saturated heterocycles. The number of likely N-dealkylation sites (tertiary alicyclic amines) is 1. The minimum Gasteiger partial charge on any atom is -0.357 e. The summed E-state index contributed by atoms with van der Waals surface area (Å²) < 4.78 is 37.7. The molecule has 176 valence electrons. The molecule has 1 heterocycles. The Morgan fingerprint density at radius 2 is 1.90 bits per heavy atom. The molecule has 0 aromatic heterocycles. The van der Waals surface area contributed by atoms with Crippen molar-refractivity contribution in [2.45, 2.75) is 51.9 Å². The van der Waals surface area contributed by atoms with Crippen LogP contribution in [0.4, 0.5) is 13.2 Å². The third-order valence-electron chi connectivity index (χ3n) is 4.81. The highest BCUT2D eigenvalue weighted by molar-refractivity contribution is 14.0. The summed E-state index contributed by atoms with van der Waals surface area (Å²) in [7, 11) is 0. The maximum Gasteiger partial charge on any atom is 0.401 e. The number of guanidine groups is 1. The first-order valence-corrected chi connectivity index (χ1v) is 10.5. The molecular formula is C21H33F3IN5O. The van der Waals surface area contributed by atoms with Gasteiger partial charge in [0.15, 0.2) is 5.96 Å². The molecule has 1 atom stereocenters. The number of rotatable bonds is 9. The van der Waals surface area contributed by atoms with Crippen LogP contribution in [-0.4, -0.2) is 61.7 Å². The minimum absolute atomic E-state index is 0. The van der Waals surface area contributed by atoms with Gasteiger partial charge in [0.05, 0.1) is 13.1 Å². The molecule has 0 radical (unpaired) electrons. The van der Waals surface area contributed by atoms with Crippen molar-refractivity contribution in [3.63, 3.8) is 0 Å². The first kappa shape index (κ1) is 27.5. The van der Waals surface area contributed by atoms with Crippen molar-refractivity contribution in [1.29, 1.82) is 0 Å². The molecule has 1 unspecified atom stereocenters. The maximum atomic E-state index is 12.6. The van der Waals surface area contributed by atoms with Gasteiger partial charge in [0.2, 0.25) is 0 Å². The molecule has 1 fully saturated rings. The van der Waals surface area contributed by atoms with Gasteiger partial charge >= 0.3 is 6.18 Å². The van der Waals surface area contributed by atoms with Crippen LogP contribution in [0.25, 0.3) is 0 Å². The van der Waals surface area contributed by atoms with Crippen molar-refractivity contribution in [3.05, 3.63) is 35.4 Å². The van der Waals surface area contributed by atoms with Crippen LogP contribution in [0.2, 0.25) is 0 Å². The fraction of sp³-hybridized carbons (Fsp3) is 0.619. The third-order valence-corrected chi connectivity index (χ3v) is 4.81. The number of carbonyl (C=O) groups excluding carboxylic acids is 1. The summed E-state index contributed by atoms with van der Waals surface area (Å²) in [5, 5.41) is 9.25. The predicted octanol–water partition coefficient (Wildman–Crippen LogP) is 3.53. The number of carbonyl (C=O) groups is 1. The molecule has 6 nitrogen and oxygen atoms in total. The molecule has 10 heteroatoms. The molecule has 0 saturated carbocycles. The number of aliphatic imine (C=N–C) groups is 1. The standard InChI is InChI=1S/C21H32F3N5O.HI/c1-3-5-11-26-19(30)17-8-6-16(7-9-17)13-27-20(25-4-2)28-18-10-12-29(14-18)15-21(22,23)24;/h6-9,18H,3-5,10-15H2,1-2H3,(H,26,30)(H2,25,27,28);1H. The number of nitrogens with one attached hydrogen (secondary N) is 3. The molecule has 31 heavy (non-hydrogen) atoms. The monoisotopic (exact) mass is 555 g/mol. The number of unbranched alkanes of at least 4 members (excludes halogenated alkanes) is 1. The van der Waals surface area contributed by atoms with E-state index in [0.717, 1.165) is 18.4 Å². The van der Waals surface area contributed by atoms with Gasteiger partial charge in [-0.15, -0.1) is 24.0 Å². The lowest BCUT2D eigenvalue weighted by molar-refractivity contribution is -0.143. The van der Waals surface area contributed by atoms with E-state index in [9.17, 15) is 18.0 Å². The topological polar surface area (TPSA) is 68.8 Å². The Bertz CT molecular complexity index is 697. The summed E-state index contributed by atoms with van der Waals surface area (Å²) >= 11 is 0. The largest absolute Gasteiger partial charge is 0.401 e. The molecular weight excluding hydrogens is 522 g/mol. The Kier molecular flexibility index (Phi) is 12.2. The van der Waals surface area contributed by atoms with E-state index >= 15 is 0 Å². The van der Waals surface area contributed by atoms with E-state index in [-0.39, 0.29) is 35.9 Å². The first-order valence-electron chi connectivity index (χ1n) is 10.5. The quantitative estimate of drug-likeness (QED) is 0.189. The number of alkyl halides is 3. The fourth-order valence-corrected chi connectivity index (χ4v) is 3.27. The van der Waals surface area contributed by atoms with Gasteiger partial charge in [-0.1, -0.05) is 25.5 Å². The maximum absolute atomic E-state index is 12.6. The van der Waals surface area contributed by atoms with E-state index < -0.39 is 12.7 Å². The number of amides is 1. The van der Waals surface area contributed by atoms with E-state index in [0.29, 0.717) is 50.7 Å². The second kappa shape index (κ2) is 13.8. The van der Waals surface area contributed by atoms with Crippen molar-refractivity contribution >= 4 is 35.8 Å². The van der Waals surface area contributed by atoms with Gasteiger partial charge in [0, 0.05) is 37.8 Å². The molecule has 2 rings (SSSR count). The number of hydrogen-bond donors (Lipinski definition) is 3. The molecule has 0 aliphatic carbocycles. The Hall–Kier alpha value is -1.56. The van der Waals surface area contributed by atoms with Gasteiger partial charge < -0.3 is 16.0 Å². The third kappa shape index (κ3) is 10.5. The van der Waals surface area contributed by atoms with E-state index in [2.05, 4.69) is 27.9 Å². The molecule has 1 aromatic carbocycles. The summed E-state index contributed by atoms with van der Waals surface area (Å²) in [6, 6.07) is 7.21. The van der Waals surface area contributed by atoms with Gasteiger partial charge in [-0.2, -0.15) is 13.2 Å². The van der Waals surface area contributed by atoms with E-state index in [1.807, 2.05) is 19.1 Å². The number of nitrogens with zero attached hydrogens (tertiary/aromatic N) is 2. The first-order chi connectivity index (χ1) is 14.3. The molecule has 3 N–H and O–H groups in total. The zero-order chi connectivity index (χ0) is 22.0. The summed E-state index contributed by atoms with van der Waals surface area (Å²) in [6.07, 6.45) is -1.55. The van der Waals surface area contributed by atoms with Crippen molar-refractivity contribution < 1.29 is 18.0 Å². The van der Waals surface area contributed by atoms with Crippen LogP contribution in [0, 0.1) is 0 Å². The van der Waals surface area contributed by atoms with Crippen molar-refractivity contribution in [3.8, 4) is 0 Å². The SMILES string of the molecule is CCCCNC(=O)c1ccc(CN=C(NCC)NC2CCN(CC(F)(F)F)C2)cc1.I. The Labute approximate surface area is 199 Å². The Morgan fingerprint density at radius 3 is 2.52 bits per heavy atom. The highest BCUT2D eigenvalue weighted by Crippen LogP contribution is 2.20. The lowest BCUT2D eigenvalue weighted by Crippen LogP contribution is -2.45.